The summed E-state index contributed by atoms with van der Waals surface area (Å²) >= 11 is 0. The van der Waals surface area contributed by atoms with Gasteiger partial charge in [0.15, 0.2) is 0 Å². The van der Waals surface area contributed by atoms with Crippen LogP contribution < -0.4 is 9.64 Å². The molecule has 5 rings (SSSR count). The number of para-hydroxylation sites is 3. The number of anilines is 2. The molecule has 0 atom stereocenters. The van der Waals surface area contributed by atoms with Gasteiger partial charge in [0, 0.05) is 12.1 Å². The van der Waals surface area contributed by atoms with E-state index in [1.807, 2.05) is 24.3 Å². The van der Waals surface area contributed by atoms with Gasteiger partial charge in [-0.1, -0.05) is 36.4 Å². The summed E-state index contributed by atoms with van der Waals surface area (Å²) in [5.41, 5.74) is 1.08. The molecule has 0 N–H and O–H groups in total. The lowest BCUT2D eigenvalue weighted by atomic mass is 10.1. The Balaban J connectivity index is 1.47. The van der Waals surface area contributed by atoms with Crippen LogP contribution in [0.4, 0.5) is 30.2 Å². The molecule has 0 saturated carbocycles. The molecule has 1 saturated heterocycles. The van der Waals surface area contributed by atoms with Crippen molar-refractivity contribution in [2.45, 2.75) is 19.0 Å². The zero-order valence-corrected chi connectivity index (χ0v) is 19.0. The Bertz CT molecular complexity index is 1270. The lowest BCUT2D eigenvalue weighted by molar-refractivity contribution is -0.137. The van der Waals surface area contributed by atoms with Crippen molar-refractivity contribution < 1.29 is 22.7 Å². The zero-order chi connectivity index (χ0) is 24.4. The fraction of sp³-hybridized carbons (Fsp3) is 0.259. The molecule has 180 valence electrons. The molecule has 1 fully saturated rings. The number of carbonyl (C=O) groups is 1. The molecule has 5 nitrogen and oxygen atoms in total. The molecule has 2 aliphatic heterocycles. The van der Waals surface area contributed by atoms with Crippen molar-refractivity contribution in [2.75, 3.05) is 31.1 Å². The van der Waals surface area contributed by atoms with E-state index in [4.69, 9.17) is 4.74 Å². The van der Waals surface area contributed by atoms with Crippen LogP contribution >= 0.6 is 0 Å². The van der Waals surface area contributed by atoms with Gasteiger partial charge in [-0.2, -0.15) is 13.2 Å². The van der Waals surface area contributed by atoms with Crippen LogP contribution in [0.5, 0.6) is 5.75 Å². The lowest BCUT2D eigenvalue weighted by Crippen LogP contribution is -2.27. The van der Waals surface area contributed by atoms with Crippen molar-refractivity contribution in [1.29, 1.82) is 0 Å². The largest absolute Gasteiger partial charge is 0.490 e. The van der Waals surface area contributed by atoms with E-state index in [2.05, 4.69) is 9.89 Å². The Morgan fingerprint density at radius 3 is 2.37 bits per heavy atom. The van der Waals surface area contributed by atoms with Gasteiger partial charge in [-0.3, -0.25) is 14.6 Å². The molecule has 3 aromatic rings. The van der Waals surface area contributed by atoms with Crippen molar-refractivity contribution in [3.05, 3.63) is 83.9 Å². The highest BCUT2D eigenvalue weighted by Gasteiger charge is 2.36. The van der Waals surface area contributed by atoms with E-state index in [0.717, 1.165) is 31.8 Å². The molecule has 8 heteroatoms. The molecule has 2 heterocycles. The van der Waals surface area contributed by atoms with E-state index < -0.39 is 17.6 Å². The van der Waals surface area contributed by atoms with Crippen LogP contribution in [0.3, 0.4) is 0 Å². The molecule has 0 aliphatic carbocycles. The number of likely N-dealkylation sites (tertiary alicyclic amines) is 1. The fourth-order valence-corrected chi connectivity index (χ4v) is 4.48. The molecule has 1 amide bonds. The summed E-state index contributed by atoms with van der Waals surface area (Å²) in [5.74, 6) is 0.148. The smallest absolute Gasteiger partial charge is 0.416 e. The molecule has 0 bridgehead atoms. The number of fused-ring (bicyclic) bond motifs is 1. The molecule has 3 aromatic carbocycles. The first-order chi connectivity index (χ1) is 16.9. The van der Waals surface area contributed by atoms with Crippen LogP contribution in [0.1, 0.15) is 24.0 Å². The Labute approximate surface area is 201 Å². The Morgan fingerprint density at radius 1 is 0.886 bits per heavy atom. The van der Waals surface area contributed by atoms with Gasteiger partial charge in [0.2, 0.25) is 0 Å². The van der Waals surface area contributed by atoms with Gasteiger partial charge < -0.3 is 4.74 Å². The molecule has 0 unspecified atom stereocenters. The van der Waals surface area contributed by atoms with Crippen molar-refractivity contribution in [3.8, 4) is 5.75 Å². The predicted octanol–water partition coefficient (Wildman–Crippen LogP) is 5.98. The second-order valence-electron chi connectivity index (χ2n) is 8.53. The number of hydrogen-bond acceptors (Lipinski definition) is 4. The first-order valence-electron chi connectivity index (χ1n) is 11.6. The van der Waals surface area contributed by atoms with Crippen LogP contribution in [0.25, 0.3) is 0 Å². The normalized spacial score (nSPS) is 17.3. The second kappa shape index (κ2) is 9.54. The summed E-state index contributed by atoms with van der Waals surface area (Å²) in [6.07, 6.45) is -2.10. The van der Waals surface area contributed by atoms with E-state index >= 15 is 0 Å². The SMILES string of the molecule is O=C1C(=Nc2cccc(C(F)(F)F)c2)c2ccccc2N1c1ccccc1OCCN1CCCC1. The summed E-state index contributed by atoms with van der Waals surface area (Å²) < 4.78 is 45.6. The number of halogens is 3. The number of ether oxygens (including phenoxy) is 1. The third-order valence-corrected chi connectivity index (χ3v) is 6.19. The topological polar surface area (TPSA) is 45.1 Å². The van der Waals surface area contributed by atoms with Gasteiger partial charge in [0.05, 0.1) is 22.6 Å². The maximum absolute atomic E-state index is 13.6. The maximum Gasteiger partial charge on any atom is 0.416 e. The minimum atomic E-state index is -4.49. The number of carbonyl (C=O) groups excluding carboxylic acids is 1. The van der Waals surface area contributed by atoms with E-state index in [0.29, 0.717) is 29.3 Å². The summed E-state index contributed by atoms with van der Waals surface area (Å²) in [4.78, 5) is 21.8. The van der Waals surface area contributed by atoms with E-state index in [1.165, 1.54) is 29.9 Å². The van der Waals surface area contributed by atoms with Gasteiger partial charge in [0.25, 0.3) is 5.91 Å². The predicted molar refractivity (Wildman–Crippen MR) is 129 cm³/mol. The number of hydrogen-bond donors (Lipinski definition) is 0. The zero-order valence-electron chi connectivity index (χ0n) is 19.0. The Kier molecular flexibility index (Phi) is 6.30. The summed E-state index contributed by atoms with van der Waals surface area (Å²) in [5, 5.41) is 0. The Hall–Kier alpha value is -3.65. The van der Waals surface area contributed by atoms with E-state index in [9.17, 15) is 18.0 Å². The summed E-state index contributed by atoms with van der Waals surface area (Å²) in [7, 11) is 0. The first kappa shape index (κ1) is 23.1. The monoisotopic (exact) mass is 479 g/mol. The van der Waals surface area contributed by atoms with Gasteiger partial charge in [0.1, 0.15) is 18.1 Å². The molecule has 2 aliphatic rings. The van der Waals surface area contributed by atoms with Gasteiger partial charge in [-0.15, -0.1) is 0 Å². The second-order valence-corrected chi connectivity index (χ2v) is 8.53. The third kappa shape index (κ3) is 4.79. The third-order valence-electron chi connectivity index (χ3n) is 6.19. The molecule has 0 radical (unpaired) electrons. The molecule has 0 aromatic heterocycles. The molecular weight excluding hydrogens is 455 g/mol. The molecule has 35 heavy (non-hydrogen) atoms. The summed E-state index contributed by atoms with van der Waals surface area (Å²) in [6, 6.07) is 19.1. The quantitative estimate of drug-likeness (QED) is 0.437. The van der Waals surface area contributed by atoms with Crippen LogP contribution in [-0.4, -0.2) is 42.8 Å². The van der Waals surface area contributed by atoms with Crippen molar-refractivity contribution in [1.82, 2.24) is 4.90 Å². The minimum Gasteiger partial charge on any atom is -0.490 e. The number of nitrogens with zero attached hydrogens (tertiary/aromatic N) is 3. The Morgan fingerprint density at radius 2 is 1.60 bits per heavy atom. The van der Waals surface area contributed by atoms with Crippen molar-refractivity contribution >= 4 is 28.7 Å². The van der Waals surface area contributed by atoms with E-state index in [1.54, 1.807) is 24.3 Å². The standard InChI is InChI=1S/C27H24F3N3O2/c28-27(29,30)19-8-7-9-20(18-19)31-25-21-10-1-2-11-22(21)33(26(25)34)23-12-3-4-13-24(23)35-17-16-32-14-5-6-15-32/h1-4,7-13,18H,5-6,14-17H2. The van der Waals surface area contributed by atoms with Crippen molar-refractivity contribution in [3.63, 3.8) is 0 Å². The van der Waals surface area contributed by atoms with Crippen LogP contribution in [0.2, 0.25) is 0 Å². The van der Waals surface area contributed by atoms with Crippen LogP contribution in [-0.2, 0) is 11.0 Å². The first-order valence-corrected chi connectivity index (χ1v) is 11.6. The number of amides is 1. The minimum absolute atomic E-state index is 0.0648. The number of benzene rings is 3. The summed E-state index contributed by atoms with van der Waals surface area (Å²) in [6.45, 7) is 3.43. The number of alkyl halides is 3. The highest BCUT2D eigenvalue weighted by molar-refractivity contribution is 6.56. The maximum atomic E-state index is 13.6. The van der Waals surface area contributed by atoms with Crippen LogP contribution in [0.15, 0.2) is 77.8 Å². The highest BCUT2D eigenvalue weighted by Crippen LogP contribution is 2.41. The molecule has 0 spiro atoms. The van der Waals surface area contributed by atoms with E-state index in [-0.39, 0.29) is 11.4 Å². The van der Waals surface area contributed by atoms with Crippen LogP contribution in [0, 0.1) is 0 Å². The van der Waals surface area contributed by atoms with Crippen molar-refractivity contribution in [2.24, 2.45) is 4.99 Å². The van der Waals surface area contributed by atoms with Gasteiger partial charge in [-0.05, 0) is 62.3 Å². The highest BCUT2D eigenvalue weighted by atomic mass is 19.4. The fourth-order valence-electron chi connectivity index (χ4n) is 4.48. The van der Waals surface area contributed by atoms with Gasteiger partial charge >= 0.3 is 6.18 Å². The average molecular weight is 480 g/mol. The number of aliphatic imine (C=N–C) groups is 1. The average Bonchev–Trinajstić information content (AvgIpc) is 3.46. The van der Waals surface area contributed by atoms with Gasteiger partial charge in [-0.25, -0.2) is 4.99 Å². The molecular formula is C27H24F3N3O2. The lowest BCUT2D eigenvalue weighted by Gasteiger charge is -2.21. The number of rotatable bonds is 6.